The van der Waals surface area contributed by atoms with Crippen molar-refractivity contribution in [1.82, 2.24) is 34.5 Å². The summed E-state index contributed by atoms with van der Waals surface area (Å²) < 4.78 is 32.2. The van der Waals surface area contributed by atoms with Gasteiger partial charge in [-0.2, -0.15) is 0 Å². The second-order valence-electron chi connectivity index (χ2n) is 18.1. The van der Waals surface area contributed by atoms with E-state index in [9.17, 15) is 33.4 Å². The molecule has 2 aromatic carbocycles. The van der Waals surface area contributed by atoms with E-state index in [1.165, 1.54) is 23.0 Å². The minimum atomic E-state index is -2.75. The Hall–Kier alpha value is -6.12. The number of carbonyl (C=O) groups excluding carboxylic acids is 3. The number of piperidine rings is 3. The van der Waals surface area contributed by atoms with Gasteiger partial charge in [0, 0.05) is 126 Å². The molecular formula is C49H61F2N11O4. The first-order valence-electron chi connectivity index (χ1n) is 23.2. The molecule has 3 fully saturated rings. The molecule has 3 amide bonds. The number of nitrogens with zero attached hydrogens (tertiary/aromatic N) is 7. The number of halogens is 2. The quantitative estimate of drug-likeness (QED) is 0.100. The Morgan fingerprint density at radius 2 is 1.73 bits per heavy atom. The Kier molecular flexibility index (Phi) is 14.2. The van der Waals surface area contributed by atoms with E-state index in [1.807, 2.05) is 23.1 Å². The van der Waals surface area contributed by atoms with E-state index < -0.39 is 18.4 Å². The number of nitrogens with two attached hydrogens (primary N) is 1. The van der Waals surface area contributed by atoms with E-state index in [1.54, 1.807) is 36.6 Å². The van der Waals surface area contributed by atoms with E-state index in [0.717, 1.165) is 93.8 Å². The van der Waals surface area contributed by atoms with Crippen molar-refractivity contribution in [2.45, 2.75) is 83.2 Å². The van der Waals surface area contributed by atoms with Gasteiger partial charge >= 0.3 is 5.69 Å². The molecular weight excluding hydrogens is 845 g/mol. The summed E-state index contributed by atoms with van der Waals surface area (Å²) in [6.45, 7) is 8.64. The standard InChI is InChI=1S/C49H61F2N11O4/c1-31(63)60-23-17-40(39(30-60)47(53)61-18-5-7-34-26-37(35(28-52)29-54-2)38(46(50)51)27-43(34)61)55-36-15-21-59(22-16-36)25-24-58-19-13-32(14-20-58)9-10-33-6-4-8-41-45(33)57(3)49(66)62(41)42-11-12-44(64)56-48(42)65/h4,6,8,26-29,32,36,42,46,53,55H,5,7,11-25,30,52H2,1-3H3,(H,56,64,65). The van der Waals surface area contributed by atoms with Gasteiger partial charge in [0.2, 0.25) is 17.7 Å². The lowest BCUT2D eigenvalue weighted by Crippen LogP contribution is -2.48. The van der Waals surface area contributed by atoms with Crippen LogP contribution in [-0.4, -0.2) is 126 Å². The third kappa shape index (κ3) is 9.71. The van der Waals surface area contributed by atoms with Crippen molar-refractivity contribution in [3.8, 4) is 11.8 Å². The minimum absolute atomic E-state index is 0.0596. The number of allylic oxidation sites excluding steroid dienone is 1. The van der Waals surface area contributed by atoms with Gasteiger partial charge in [-0.25, -0.2) is 13.6 Å². The average molecular weight is 906 g/mol. The molecule has 1 unspecified atom stereocenters. The Balaban J connectivity index is 0.863. The minimum Gasteiger partial charge on any atom is -0.404 e. The van der Waals surface area contributed by atoms with E-state index in [0.29, 0.717) is 53.8 Å². The SMILES string of the molecule is CN=CC(=CN)c1cc2c(cc1C(F)F)N(C(=N)C1=C(NC3CCN(CCN4CCC(C#Cc5cccc6c5n(C)c(=O)n6C5CCC(=O)NC5=O)CC4)CC3)CCN(C(C)=O)C1)CCC2. The number of carbonyl (C=O) groups is 3. The molecule has 15 nitrogen and oxygen atoms in total. The summed E-state index contributed by atoms with van der Waals surface area (Å²) in [5.41, 5.74) is 11.4. The molecule has 66 heavy (non-hydrogen) atoms. The molecule has 5 aliphatic heterocycles. The number of imide groups is 1. The summed E-state index contributed by atoms with van der Waals surface area (Å²) in [6.07, 6.45) is 6.31. The van der Waals surface area contributed by atoms with Gasteiger partial charge in [0.1, 0.15) is 11.9 Å². The molecule has 3 saturated heterocycles. The summed E-state index contributed by atoms with van der Waals surface area (Å²) in [4.78, 5) is 63.0. The molecule has 0 spiro atoms. The Morgan fingerprint density at radius 1 is 1.00 bits per heavy atom. The number of alkyl halides is 2. The monoisotopic (exact) mass is 905 g/mol. The van der Waals surface area contributed by atoms with E-state index in [-0.39, 0.29) is 60.2 Å². The largest absolute Gasteiger partial charge is 0.404 e. The predicted molar refractivity (Wildman–Crippen MR) is 253 cm³/mol. The smallest absolute Gasteiger partial charge is 0.329 e. The van der Waals surface area contributed by atoms with Gasteiger partial charge in [-0.05, 0) is 93.4 Å². The van der Waals surface area contributed by atoms with Crippen LogP contribution in [0.3, 0.4) is 0 Å². The Labute approximate surface area is 384 Å². The number of rotatable bonds is 10. The molecule has 0 radical (unpaired) electrons. The van der Waals surface area contributed by atoms with Crippen molar-refractivity contribution >= 4 is 52.1 Å². The number of para-hydroxylation sites is 1. The molecule has 17 heteroatoms. The number of hydrogen-bond donors (Lipinski definition) is 4. The van der Waals surface area contributed by atoms with Crippen molar-refractivity contribution in [1.29, 1.82) is 5.41 Å². The molecule has 0 bridgehead atoms. The molecule has 1 aromatic heterocycles. The molecule has 5 aliphatic rings. The number of likely N-dealkylation sites (tertiary alicyclic amines) is 2. The highest BCUT2D eigenvalue weighted by Gasteiger charge is 2.34. The maximum Gasteiger partial charge on any atom is 0.329 e. The topological polar surface area (TPSA) is 177 Å². The summed E-state index contributed by atoms with van der Waals surface area (Å²) in [5.74, 6) is 6.48. The zero-order valence-electron chi connectivity index (χ0n) is 38.2. The van der Waals surface area contributed by atoms with Crippen molar-refractivity contribution in [2.24, 2.45) is 23.7 Å². The molecule has 6 heterocycles. The highest BCUT2D eigenvalue weighted by molar-refractivity contribution is 6.12. The van der Waals surface area contributed by atoms with Gasteiger partial charge in [-0.15, -0.1) is 0 Å². The van der Waals surface area contributed by atoms with Gasteiger partial charge in [-0.1, -0.05) is 17.9 Å². The summed E-state index contributed by atoms with van der Waals surface area (Å²) >= 11 is 0. The zero-order valence-corrected chi connectivity index (χ0v) is 38.2. The fraction of sp³-hybridized carbons (Fsp3) is 0.510. The van der Waals surface area contributed by atoms with E-state index in [2.05, 4.69) is 37.3 Å². The molecule has 350 valence electrons. The lowest BCUT2D eigenvalue weighted by molar-refractivity contribution is -0.135. The lowest BCUT2D eigenvalue weighted by atomic mass is 9.91. The first kappa shape index (κ1) is 46.4. The van der Waals surface area contributed by atoms with Crippen LogP contribution in [0.4, 0.5) is 14.5 Å². The number of fused-ring (bicyclic) bond motifs is 2. The normalized spacial score (nSPS) is 20.8. The number of benzene rings is 2. The van der Waals surface area contributed by atoms with Crippen LogP contribution < -0.4 is 27.0 Å². The molecule has 3 aromatic rings. The molecule has 0 saturated carbocycles. The highest BCUT2D eigenvalue weighted by atomic mass is 19.3. The third-order valence-electron chi connectivity index (χ3n) is 14.0. The van der Waals surface area contributed by atoms with Crippen LogP contribution in [0, 0.1) is 23.2 Å². The fourth-order valence-corrected chi connectivity index (χ4v) is 10.3. The number of amidine groups is 1. The number of hydrogen-bond acceptors (Lipinski definition) is 10. The van der Waals surface area contributed by atoms with Gasteiger partial charge in [-0.3, -0.25) is 39.2 Å². The molecule has 8 rings (SSSR count). The first-order chi connectivity index (χ1) is 31.8. The molecule has 0 aliphatic carbocycles. The molecule has 5 N–H and O–H groups in total. The number of anilines is 1. The van der Waals surface area contributed by atoms with Crippen LogP contribution in [0.5, 0.6) is 0 Å². The second kappa shape index (κ2) is 20.2. The number of imidazole rings is 1. The second-order valence-corrected chi connectivity index (χ2v) is 18.1. The van der Waals surface area contributed by atoms with Crippen LogP contribution in [-0.2, 0) is 27.9 Å². The summed E-state index contributed by atoms with van der Waals surface area (Å²) in [5, 5.41) is 15.7. The van der Waals surface area contributed by atoms with Crippen LogP contribution in [0.25, 0.3) is 16.6 Å². The van der Waals surface area contributed by atoms with Gasteiger partial charge in [0.05, 0.1) is 23.1 Å². The maximum atomic E-state index is 14.6. The molecule has 1 atom stereocenters. The highest BCUT2D eigenvalue weighted by Crippen LogP contribution is 2.38. The number of aliphatic imine (C=N–C) groups is 1. The fourth-order valence-electron chi connectivity index (χ4n) is 10.3. The predicted octanol–water partition coefficient (Wildman–Crippen LogP) is 4.31. The van der Waals surface area contributed by atoms with Crippen LogP contribution >= 0.6 is 0 Å². The van der Waals surface area contributed by atoms with Crippen molar-refractivity contribution in [2.75, 3.05) is 70.9 Å². The Morgan fingerprint density at radius 3 is 2.39 bits per heavy atom. The van der Waals surface area contributed by atoms with E-state index in [4.69, 9.17) is 5.73 Å². The van der Waals surface area contributed by atoms with Gasteiger partial charge in [0.15, 0.2) is 0 Å². The number of nitrogens with one attached hydrogen (secondary N) is 3. The van der Waals surface area contributed by atoms with Crippen molar-refractivity contribution in [3.63, 3.8) is 0 Å². The van der Waals surface area contributed by atoms with Gasteiger partial charge < -0.3 is 30.7 Å². The lowest BCUT2D eigenvalue weighted by Gasteiger charge is -2.39. The number of aryl methyl sites for hydroxylation is 2. The van der Waals surface area contributed by atoms with E-state index >= 15 is 0 Å². The summed E-state index contributed by atoms with van der Waals surface area (Å²) in [7, 11) is 3.27. The maximum absolute atomic E-state index is 14.6. The van der Waals surface area contributed by atoms with Gasteiger partial charge in [0.25, 0.3) is 6.43 Å². The van der Waals surface area contributed by atoms with Crippen molar-refractivity contribution in [3.05, 3.63) is 80.5 Å². The third-order valence-corrected chi connectivity index (χ3v) is 14.0. The zero-order chi connectivity index (χ0) is 46.6. The average Bonchev–Trinajstić information content (AvgIpc) is 3.57. The van der Waals surface area contributed by atoms with Crippen LogP contribution in [0.15, 0.2) is 57.6 Å². The Bertz CT molecular complexity index is 2600. The summed E-state index contributed by atoms with van der Waals surface area (Å²) in [6, 6.07) is 8.34. The number of amides is 3. The van der Waals surface area contributed by atoms with Crippen molar-refractivity contribution < 1.29 is 23.2 Å². The number of aromatic nitrogens is 2. The van der Waals surface area contributed by atoms with Crippen LogP contribution in [0.2, 0.25) is 0 Å². The first-order valence-corrected chi connectivity index (χ1v) is 23.2. The van der Waals surface area contributed by atoms with Crippen LogP contribution in [0.1, 0.15) is 93.0 Å².